The van der Waals surface area contributed by atoms with E-state index < -0.39 is 5.60 Å². The van der Waals surface area contributed by atoms with Crippen molar-refractivity contribution in [3.8, 4) is 28.7 Å². The van der Waals surface area contributed by atoms with Crippen LogP contribution in [-0.4, -0.2) is 49.9 Å². The van der Waals surface area contributed by atoms with Gasteiger partial charge in [0, 0.05) is 36.0 Å². The molecule has 1 aliphatic rings. The smallest absolute Gasteiger partial charge is 0.166 e. The van der Waals surface area contributed by atoms with Gasteiger partial charge >= 0.3 is 0 Å². The Balaban J connectivity index is 1.46. The van der Waals surface area contributed by atoms with Crippen LogP contribution < -0.4 is 15.5 Å². The Morgan fingerprint density at radius 3 is 2.73 bits per heavy atom. The van der Waals surface area contributed by atoms with Crippen LogP contribution in [0.4, 0.5) is 5.82 Å². The predicted molar refractivity (Wildman–Crippen MR) is 127 cm³/mol. The molecule has 4 N–H and O–H groups in total. The summed E-state index contributed by atoms with van der Waals surface area (Å²) in [6, 6.07) is 9.52. The molecule has 0 spiro atoms. The molecule has 0 saturated carbocycles. The molecule has 0 atom stereocenters. The van der Waals surface area contributed by atoms with Gasteiger partial charge in [0.1, 0.15) is 12.2 Å². The monoisotopic (exact) mass is 447 g/mol. The van der Waals surface area contributed by atoms with Gasteiger partial charge in [0.15, 0.2) is 11.6 Å². The van der Waals surface area contributed by atoms with Gasteiger partial charge in [0.25, 0.3) is 0 Å². The summed E-state index contributed by atoms with van der Waals surface area (Å²) in [6.07, 6.45) is 6.68. The average Bonchev–Trinajstić information content (AvgIpc) is 3.28. The first kappa shape index (κ1) is 22.6. The molecular weight excluding hydrogens is 418 g/mol. The van der Waals surface area contributed by atoms with Crippen molar-refractivity contribution in [1.82, 2.24) is 14.9 Å². The SMILES string of the molecule is CC(C)(O)C#Cc1cccc(COc2cc(-c3cnn(N4CCC(O)CC4)c3)cnc2N)c1. The van der Waals surface area contributed by atoms with E-state index in [0.29, 0.717) is 18.2 Å². The molecule has 0 radical (unpaired) electrons. The van der Waals surface area contributed by atoms with E-state index in [1.165, 1.54) is 0 Å². The normalized spacial score (nSPS) is 14.6. The van der Waals surface area contributed by atoms with E-state index in [1.54, 1.807) is 26.2 Å². The van der Waals surface area contributed by atoms with E-state index in [4.69, 9.17) is 10.5 Å². The van der Waals surface area contributed by atoms with Crippen molar-refractivity contribution in [3.63, 3.8) is 0 Å². The summed E-state index contributed by atoms with van der Waals surface area (Å²) in [4.78, 5) is 6.11. The summed E-state index contributed by atoms with van der Waals surface area (Å²) in [5.41, 5.74) is 8.50. The number of hydrogen-bond acceptors (Lipinski definition) is 7. The zero-order chi connectivity index (χ0) is 23.4. The van der Waals surface area contributed by atoms with Gasteiger partial charge < -0.3 is 20.7 Å². The van der Waals surface area contributed by atoms with Crippen LogP contribution in [0.3, 0.4) is 0 Å². The molecule has 4 rings (SSSR count). The first-order valence-electron chi connectivity index (χ1n) is 11.0. The van der Waals surface area contributed by atoms with Crippen LogP contribution in [-0.2, 0) is 6.61 Å². The molecule has 1 aliphatic heterocycles. The van der Waals surface area contributed by atoms with Crippen molar-refractivity contribution in [2.75, 3.05) is 23.8 Å². The van der Waals surface area contributed by atoms with E-state index in [9.17, 15) is 10.2 Å². The van der Waals surface area contributed by atoms with Crippen molar-refractivity contribution in [2.45, 2.75) is 45.0 Å². The standard InChI is InChI=1S/C25H29N5O3/c1-25(2,32)9-6-18-4-3-5-19(12-18)17-33-23-13-20(14-27-24(23)26)21-15-28-30(16-21)29-10-7-22(31)8-11-29/h3-5,12-16,22,31-32H,7-8,10-11,17H2,1-2H3,(H2,26,27). The highest BCUT2D eigenvalue weighted by molar-refractivity contribution is 5.65. The van der Waals surface area contributed by atoms with Gasteiger partial charge in [0.2, 0.25) is 0 Å². The second kappa shape index (κ2) is 9.53. The van der Waals surface area contributed by atoms with Crippen molar-refractivity contribution >= 4 is 5.82 Å². The van der Waals surface area contributed by atoms with Crippen LogP contribution in [0.5, 0.6) is 5.75 Å². The lowest BCUT2D eigenvalue weighted by Gasteiger charge is -2.30. The number of ether oxygens (including phenoxy) is 1. The van der Waals surface area contributed by atoms with Gasteiger partial charge in [-0.25, -0.2) is 4.98 Å². The third-order valence-corrected chi connectivity index (χ3v) is 5.35. The molecular formula is C25H29N5O3. The molecule has 0 bridgehead atoms. The summed E-state index contributed by atoms with van der Waals surface area (Å²) in [7, 11) is 0. The number of anilines is 1. The fraction of sp³-hybridized carbons (Fsp3) is 0.360. The number of pyridine rings is 1. The van der Waals surface area contributed by atoms with Crippen molar-refractivity contribution < 1.29 is 14.9 Å². The largest absolute Gasteiger partial charge is 0.485 e. The second-order valence-corrected chi connectivity index (χ2v) is 8.74. The van der Waals surface area contributed by atoms with Crippen molar-refractivity contribution in [1.29, 1.82) is 0 Å². The highest BCUT2D eigenvalue weighted by Crippen LogP contribution is 2.27. The summed E-state index contributed by atoms with van der Waals surface area (Å²) in [5.74, 6) is 6.60. The number of nitrogens with zero attached hydrogens (tertiary/aromatic N) is 4. The van der Waals surface area contributed by atoms with Gasteiger partial charge in [0.05, 0.1) is 18.5 Å². The van der Waals surface area contributed by atoms with Crippen LogP contribution in [0.1, 0.15) is 37.8 Å². The van der Waals surface area contributed by atoms with Crippen LogP contribution in [0.2, 0.25) is 0 Å². The molecule has 0 unspecified atom stereocenters. The summed E-state index contributed by atoms with van der Waals surface area (Å²) < 4.78 is 5.97. The first-order valence-corrected chi connectivity index (χ1v) is 11.0. The van der Waals surface area contributed by atoms with E-state index in [0.717, 1.165) is 48.2 Å². The topological polar surface area (TPSA) is 110 Å². The molecule has 3 heterocycles. The minimum absolute atomic E-state index is 0.230. The maximum absolute atomic E-state index is 9.80. The quantitative estimate of drug-likeness (QED) is 0.515. The van der Waals surface area contributed by atoms with Crippen molar-refractivity contribution in [3.05, 3.63) is 60.0 Å². The molecule has 172 valence electrons. The Bertz CT molecular complexity index is 1160. The summed E-state index contributed by atoms with van der Waals surface area (Å²) in [5, 5.41) is 26.1. The average molecular weight is 448 g/mol. The number of aromatic nitrogens is 3. The molecule has 1 fully saturated rings. The minimum Gasteiger partial charge on any atom is -0.485 e. The van der Waals surface area contributed by atoms with E-state index in [1.807, 2.05) is 41.3 Å². The number of nitrogen functional groups attached to an aromatic ring is 1. The fourth-order valence-electron chi connectivity index (χ4n) is 3.53. The molecule has 1 saturated heterocycles. The molecule has 1 aromatic carbocycles. The molecule has 0 amide bonds. The number of piperidine rings is 1. The summed E-state index contributed by atoms with van der Waals surface area (Å²) in [6.45, 7) is 5.13. The fourth-order valence-corrected chi connectivity index (χ4v) is 3.53. The Morgan fingerprint density at radius 2 is 1.97 bits per heavy atom. The Hall–Kier alpha value is -3.54. The number of benzene rings is 1. The van der Waals surface area contributed by atoms with Crippen LogP contribution >= 0.6 is 0 Å². The van der Waals surface area contributed by atoms with E-state index in [-0.39, 0.29) is 6.10 Å². The molecule has 8 nitrogen and oxygen atoms in total. The number of hydrogen-bond donors (Lipinski definition) is 3. The zero-order valence-electron chi connectivity index (χ0n) is 18.9. The maximum atomic E-state index is 9.80. The van der Waals surface area contributed by atoms with E-state index >= 15 is 0 Å². The summed E-state index contributed by atoms with van der Waals surface area (Å²) >= 11 is 0. The number of aliphatic hydroxyl groups excluding tert-OH is 1. The molecule has 33 heavy (non-hydrogen) atoms. The van der Waals surface area contributed by atoms with Crippen molar-refractivity contribution in [2.24, 2.45) is 0 Å². The molecule has 3 aromatic rings. The third-order valence-electron chi connectivity index (χ3n) is 5.35. The molecule has 2 aromatic heterocycles. The Labute approximate surface area is 193 Å². The van der Waals surface area contributed by atoms with Crippen LogP contribution in [0.25, 0.3) is 11.1 Å². The zero-order valence-corrected chi connectivity index (χ0v) is 18.9. The lowest BCUT2D eigenvalue weighted by Crippen LogP contribution is -2.43. The van der Waals surface area contributed by atoms with E-state index in [2.05, 4.69) is 26.9 Å². The highest BCUT2D eigenvalue weighted by atomic mass is 16.5. The maximum Gasteiger partial charge on any atom is 0.166 e. The van der Waals surface area contributed by atoms with Gasteiger partial charge in [-0.3, -0.25) is 5.01 Å². The van der Waals surface area contributed by atoms with Crippen LogP contribution in [0, 0.1) is 11.8 Å². The Kier molecular flexibility index (Phi) is 6.54. The van der Waals surface area contributed by atoms with Crippen LogP contribution in [0.15, 0.2) is 48.9 Å². The first-order chi connectivity index (χ1) is 15.8. The molecule has 0 aliphatic carbocycles. The van der Waals surface area contributed by atoms with Gasteiger partial charge in [-0.05, 0) is 50.5 Å². The number of aliphatic hydroxyl groups is 2. The second-order valence-electron chi connectivity index (χ2n) is 8.74. The lowest BCUT2D eigenvalue weighted by molar-refractivity contribution is 0.137. The van der Waals surface area contributed by atoms with Gasteiger partial charge in [-0.15, -0.1) is 0 Å². The highest BCUT2D eigenvalue weighted by Gasteiger charge is 2.18. The Morgan fingerprint density at radius 1 is 1.18 bits per heavy atom. The number of nitrogens with two attached hydrogens (primary N) is 1. The third kappa shape index (κ3) is 6.04. The number of rotatable bonds is 5. The minimum atomic E-state index is -1.05. The predicted octanol–water partition coefficient (Wildman–Crippen LogP) is 2.32. The van der Waals surface area contributed by atoms with Gasteiger partial charge in [-0.1, -0.05) is 24.0 Å². The van der Waals surface area contributed by atoms with Gasteiger partial charge in [-0.2, -0.15) is 9.89 Å². The lowest BCUT2D eigenvalue weighted by atomic mass is 10.1. The molecule has 8 heteroatoms.